The van der Waals surface area contributed by atoms with Gasteiger partial charge in [0.1, 0.15) is 0 Å². The zero-order chi connectivity index (χ0) is 16.1. The van der Waals surface area contributed by atoms with Crippen LogP contribution in [-0.4, -0.2) is 27.1 Å². The molecule has 2 amide bonds. The van der Waals surface area contributed by atoms with E-state index in [4.69, 9.17) is 12.2 Å². The van der Waals surface area contributed by atoms with Crippen molar-refractivity contribution < 1.29 is 9.59 Å². The Labute approximate surface area is 132 Å². The first-order valence-electron chi connectivity index (χ1n) is 6.46. The number of aromatic nitrogens is 2. The number of hydrazine groups is 1. The van der Waals surface area contributed by atoms with Gasteiger partial charge in [-0.2, -0.15) is 5.10 Å². The van der Waals surface area contributed by atoms with Gasteiger partial charge in [0, 0.05) is 11.3 Å². The van der Waals surface area contributed by atoms with Gasteiger partial charge in [-0.1, -0.05) is 18.2 Å². The smallest absolute Gasteiger partial charge is 0.290 e. The Balaban J connectivity index is 1.87. The Kier molecular flexibility index (Phi) is 4.84. The lowest BCUT2D eigenvalue weighted by Crippen LogP contribution is -2.48. The highest BCUT2D eigenvalue weighted by atomic mass is 32.1. The Morgan fingerprint density at radius 3 is 2.50 bits per heavy atom. The van der Waals surface area contributed by atoms with E-state index in [1.54, 1.807) is 25.1 Å². The lowest BCUT2D eigenvalue weighted by atomic mass is 10.1. The number of hydrogen-bond acceptors (Lipinski definition) is 4. The fourth-order valence-corrected chi connectivity index (χ4v) is 1.89. The molecule has 1 aromatic carbocycles. The summed E-state index contributed by atoms with van der Waals surface area (Å²) in [5.74, 6) is -0.808. The predicted molar refractivity (Wildman–Crippen MR) is 85.2 cm³/mol. The molecule has 1 aromatic heterocycles. The summed E-state index contributed by atoms with van der Waals surface area (Å²) in [6.45, 7) is 3.61. The number of carbonyl (C=O) groups is 2. The number of benzene rings is 1. The van der Waals surface area contributed by atoms with Gasteiger partial charge in [-0.15, -0.1) is 0 Å². The standard InChI is InChI=1S/C14H15N5O2S/c1-8-5-3-4-6-10(8)12(20)15-14(22)19-18-13(21)11-7-9(2)16-17-11/h3-7H,1-2H3,(H,16,17)(H,18,21)(H2,15,19,20,22). The molecule has 4 N–H and O–H groups in total. The summed E-state index contributed by atoms with van der Waals surface area (Å²) in [4.78, 5) is 23.8. The van der Waals surface area contributed by atoms with E-state index < -0.39 is 5.91 Å². The summed E-state index contributed by atoms with van der Waals surface area (Å²) < 4.78 is 0. The van der Waals surface area contributed by atoms with Gasteiger partial charge in [0.2, 0.25) is 0 Å². The average molecular weight is 317 g/mol. The number of H-pyrrole nitrogens is 1. The summed E-state index contributed by atoms with van der Waals surface area (Å²) in [7, 11) is 0. The summed E-state index contributed by atoms with van der Waals surface area (Å²) in [6, 6.07) is 8.71. The van der Waals surface area contributed by atoms with Gasteiger partial charge < -0.3 is 0 Å². The first-order valence-corrected chi connectivity index (χ1v) is 6.87. The Bertz CT molecular complexity index is 726. The monoisotopic (exact) mass is 317 g/mol. The van der Waals surface area contributed by atoms with Crippen LogP contribution in [0.2, 0.25) is 0 Å². The molecule has 0 radical (unpaired) electrons. The number of nitrogens with zero attached hydrogens (tertiary/aromatic N) is 1. The SMILES string of the molecule is Cc1cc(C(=O)NNC(=S)NC(=O)c2ccccc2C)n[nH]1. The van der Waals surface area contributed by atoms with Gasteiger partial charge in [-0.05, 0) is 43.8 Å². The van der Waals surface area contributed by atoms with Gasteiger partial charge in [-0.3, -0.25) is 30.9 Å². The molecule has 0 aliphatic rings. The molecular formula is C14H15N5O2S. The highest BCUT2D eigenvalue weighted by Gasteiger charge is 2.12. The Hall–Kier alpha value is -2.74. The van der Waals surface area contributed by atoms with Crippen molar-refractivity contribution in [2.45, 2.75) is 13.8 Å². The minimum absolute atomic E-state index is 0.00568. The van der Waals surface area contributed by atoms with Crippen molar-refractivity contribution in [3.8, 4) is 0 Å². The van der Waals surface area contributed by atoms with Crippen molar-refractivity contribution in [3.05, 3.63) is 52.8 Å². The van der Waals surface area contributed by atoms with Crippen LogP contribution in [0.15, 0.2) is 30.3 Å². The molecule has 0 aliphatic heterocycles. The van der Waals surface area contributed by atoms with Crippen molar-refractivity contribution in [2.24, 2.45) is 0 Å². The van der Waals surface area contributed by atoms with Crippen molar-refractivity contribution in [2.75, 3.05) is 0 Å². The molecular weight excluding hydrogens is 302 g/mol. The molecule has 2 aromatic rings. The van der Waals surface area contributed by atoms with E-state index >= 15 is 0 Å². The number of carbonyl (C=O) groups excluding carboxylic acids is 2. The topological polar surface area (TPSA) is 98.9 Å². The molecule has 0 unspecified atom stereocenters. The lowest BCUT2D eigenvalue weighted by molar-refractivity contribution is 0.0930. The van der Waals surface area contributed by atoms with E-state index in [1.165, 1.54) is 0 Å². The second-order valence-electron chi connectivity index (χ2n) is 4.61. The van der Waals surface area contributed by atoms with E-state index in [9.17, 15) is 9.59 Å². The average Bonchev–Trinajstić information content (AvgIpc) is 2.91. The maximum Gasteiger partial charge on any atom is 0.290 e. The molecule has 0 fully saturated rings. The number of aryl methyl sites for hydroxylation is 2. The van der Waals surface area contributed by atoms with Crippen molar-refractivity contribution in [3.63, 3.8) is 0 Å². The van der Waals surface area contributed by atoms with Gasteiger partial charge in [0.05, 0.1) is 0 Å². The maximum absolute atomic E-state index is 12.0. The number of amides is 2. The molecule has 114 valence electrons. The zero-order valence-electron chi connectivity index (χ0n) is 12.1. The number of nitrogens with one attached hydrogen (secondary N) is 4. The van der Waals surface area contributed by atoms with E-state index in [-0.39, 0.29) is 16.7 Å². The second kappa shape index (κ2) is 6.81. The normalized spacial score (nSPS) is 9.91. The molecule has 0 atom stereocenters. The first-order chi connectivity index (χ1) is 10.5. The van der Waals surface area contributed by atoms with Gasteiger partial charge in [0.15, 0.2) is 10.8 Å². The van der Waals surface area contributed by atoms with Crippen LogP contribution in [0.3, 0.4) is 0 Å². The highest BCUT2D eigenvalue weighted by molar-refractivity contribution is 7.80. The third-order valence-corrected chi connectivity index (χ3v) is 3.05. The quantitative estimate of drug-likeness (QED) is 0.489. The summed E-state index contributed by atoms with van der Waals surface area (Å²) in [5, 5.41) is 8.94. The minimum atomic E-state index is -0.461. The van der Waals surface area contributed by atoms with Crippen molar-refractivity contribution in [1.29, 1.82) is 0 Å². The van der Waals surface area contributed by atoms with Crippen LogP contribution in [0.1, 0.15) is 32.1 Å². The largest absolute Gasteiger partial charge is 0.298 e. The lowest BCUT2D eigenvalue weighted by Gasteiger charge is -2.10. The number of aromatic amines is 1. The van der Waals surface area contributed by atoms with E-state index in [1.807, 2.05) is 19.1 Å². The fourth-order valence-electron chi connectivity index (χ4n) is 1.74. The molecule has 0 saturated carbocycles. The van der Waals surface area contributed by atoms with Crippen LogP contribution in [-0.2, 0) is 0 Å². The first kappa shape index (κ1) is 15.6. The van der Waals surface area contributed by atoms with Crippen LogP contribution in [0.4, 0.5) is 0 Å². The molecule has 8 heteroatoms. The zero-order valence-corrected chi connectivity index (χ0v) is 12.9. The van der Waals surface area contributed by atoms with E-state index in [0.29, 0.717) is 5.56 Å². The van der Waals surface area contributed by atoms with Crippen molar-refractivity contribution in [1.82, 2.24) is 26.4 Å². The molecule has 22 heavy (non-hydrogen) atoms. The Morgan fingerprint density at radius 2 is 1.86 bits per heavy atom. The van der Waals surface area contributed by atoms with Crippen LogP contribution in [0.25, 0.3) is 0 Å². The summed E-state index contributed by atoms with van der Waals surface area (Å²) in [5.41, 5.74) is 7.14. The van der Waals surface area contributed by atoms with E-state index in [0.717, 1.165) is 11.3 Å². The molecule has 2 rings (SSSR count). The van der Waals surface area contributed by atoms with E-state index in [2.05, 4.69) is 26.4 Å². The fraction of sp³-hybridized carbons (Fsp3) is 0.143. The molecule has 0 spiro atoms. The molecule has 1 heterocycles. The van der Waals surface area contributed by atoms with Crippen LogP contribution >= 0.6 is 12.2 Å². The third kappa shape index (κ3) is 3.89. The molecule has 0 saturated heterocycles. The predicted octanol–water partition coefficient (Wildman–Crippen LogP) is 0.976. The molecule has 7 nitrogen and oxygen atoms in total. The number of hydrogen-bond donors (Lipinski definition) is 4. The maximum atomic E-state index is 12.0. The minimum Gasteiger partial charge on any atom is -0.298 e. The highest BCUT2D eigenvalue weighted by Crippen LogP contribution is 2.06. The van der Waals surface area contributed by atoms with Gasteiger partial charge in [-0.25, -0.2) is 0 Å². The summed E-state index contributed by atoms with van der Waals surface area (Å²) in [6.07, 6.45) is 0. The summed E-state index contributed by atoms with van der Waals surface area (Å²) >= 11 is 4.96. The molecule has 0 bridgehead atoms. The number of thiocarbonyl (C=S) groups is 1. The van der Waals surface area contributed by atoms with Crippen LogP contribution in [0, 0.1) is 13.8 Å². The second-order valence-corrected chi connectivity index (χ2v) is 5.02. The number of rotatable bonds is 2. The molecule has 0 aliphatic carbocycles. The van der Waals surface area contributed by atoms with Crippen LogP contribution in [0.5, 0.6) is 0 Å². The van der Waals surface area contributed by atoms with Gasteiger partial charge >= 0.3 is 0 Å². The van der Waals surface area contributed by atoms with Crippen LogP contribution < -0.4 is 16.2 Å². The Morgan fingerprint density at radius 1 is 1.14 bits per heavy atom. The third-order valence-electron chi connectivity index (χ3n) is 2.84. The van der Waals surface area contributed by atoms with Gasteiger partial charge in [0.25, 0.3) is 11.8 Å². The van der Waals surface area contributed by atoms with Crippen molar-refractivity contribution >= 4 is 29.1 Å².